The number of thioether (sulfide) groups is 1. The third kappa shape index (κ3) is 3.81. The van der Waals surface area contributed by atoms with Crippen molar-refractivity contribution in [2.24, 2.45) is 0 Å². The van der Waals surface area contributed by atoms with E-state index >= 15 is 0 Å². The Balaban J connectivity index is 1.62. The van der Waals surface area contributed by atoms with E-state index < -0.39 is 0 Å². The molecule has 0 saturated carbocycles. The fraction of sp³-hybridized carbons (Fsp3) is 0.111. The minimum Gasteiger partial charge on any atom is -0.472 e. The van der Waals surface area contributed by atoms with Crippen molar-refractivity contribution in [3.8, 4) is 11.3 Å². The molecule has 116 valence electrons. The van der Waals surface area contributed by atoms with Crippen LogP contribution in [0.25, 0.3) is 11.3 Å². The zero-order chi connectivity index (χ0) is 16.1. The molecule has 0 saturated heterocycles. The Bertz CT molecular complexity index is 783. The van der Waals surface area contributed by atoms with E-state index in [1.54, 1.807) is 30.5 Å². The first-order chi connectivity index (χ1) is 11.3. The van der Waals surface area contributed by atoms with Crippen LogP contribution in [0.4, 0.5) is 0 Å². The number of nitrogens with one attached hydrogen (secondary N) is 1. The first-order valence-electron chi connectivity index (χ1n) is 7.16. The van der Waals surface area contributed by atoms with Gasteiger partial charge in [-0.05, 0) is 42.2 Å². The second kappa shape index (κ2) is 7.15. The minimum atomic E-state index is -0.0835. The molecule has 1 aromatic carbocycles. The van der Waals surface area contributed by atoms with Crippen LogP contribution in [0.1, 0.15) is 15.9 Å². The van der Waals surface area contributed by atoms with E-state index in [4.69, 9.17) is 4.42 Å². The van der Waals surface area contributed by atoms with Crippen LogP contribution in [0.5, 0.6) is 0 Å². The summed E-state index contributed by atoms with van der Waals surface area (Å²) in [5.41, 5.74) is 3.41. The summed E-state index contributed by atoms with van der Waals surface area (Å²) in [6.07, 6.45) is 7.03. The van der Waals surface area contributed by atoms with E-state index in [2.05, 4.69) is 10.3 Å². The average molecular weight is 324 g/mol. The van der Waals surface area contributed by atoms with Crippen molar-refractivity contribution in [1.29, 1.82) is 0 Å². The third-order valence-electron chi connectivity index (χ3n) is 3.43. The molecule has 2 aromatic heterocycles. The third-order valence-corrected chi connectivity index (χ3v) is 4.15. The van der Waals surface area contributed by atoms with Gasteiger partial charge in [0.25, 0.3) is 5.91 Å². The van der Waals surface area contributed by atoms with Gasteiger partial charge >= 0.3 is 0 Å². The Kier molecular flexibility index (Phi) is 4.78. The summed E-state index contributed by atoms with van der Waals surface area (Å²) in [5.74, 6) is -0.0835. The fourth-order valence-electron chi connectivity index (χ4n) is 2.16. The van der Waals surface area contributed by atoms with Gasteiger partial charge in [0.05, 0.1) is 18.2 Å². The molecule has 23 heavy (non-hydrogen) atoms. The summed E-state index contributed by atoms with van der Waals surface area (Å²) in [5, 5.41) is 2.91. The van der Waals surface area contributed by atoms with E-state index in [9.17, 15) is 4.79 Å². The average Bonchev–Trinajstić information content (AvgIpc) is 3.15. The predicted octanol–water partition coefficient (Wildman–Crippen LogP) is 3.99. The van der Waals surface area contributed by atoms with Crippen molar-refractivity contribution in [2.75, 3.05) is 6.26 Å². The molecule has 0 aliphatic rings. The summed E-state index contributed by atoms with van der Waals surface area (Å²) < 4.78 is 5.05. The number of carbonyl (C=O) groups is 1. The predicted molar refractivity (Wildman–Crippen MR) is 91.3 cm³/mol. The highest BCUT2D eigenvalue weighted by molar-refractivity contribution is 7.98. The lowest BCUT2D eigenvalue weighted by Crippen LogP contribution is -2.22. The summed E-state index contributed by atoms with van der Waals surface area (Å²) in [6, 6.07) is 13.3. The molecule has 5 heteroatoms. The van der Waals surface area contributed by atoms with E-state index in [1.807, 2.05) is 48.7 Å². The van der Waals surface area contributed by atoms with Crippen LogP contribution in [-0.2, 0) is 6.54 Å². The van der Waals surface area contributed by atoms with Crippen molar-refractivity contribution in [3.05, 3.63) is 72.3 Å². The van der Waals surface area contributed by atoms with Crippen LogP contribution in [0, 0.1) is 0 Å². The molecule has 1 amide bonds. The van der Waals surface area contributed by atoms with Crippen molar-refractivity contribution < 1.29 is 9.21 Å². The molecular weight excluding hydrogens is 308 g/mol. The van der Waals surface area contributed by atoms with Gasteiger partial charge in [-0.25, -0.2) is 0 Å². The summed E-state index contributed by atoms with van der Waals surface area (Å²) in [7, 11) is 0. The topological polar surface area (TPSA) is 55.1 Å². The van der Waals surface area contributed by atoms with Gasteiger partial charge in [-0.2, -0.15) is 0 Å². The van der Waals surface area contributed by atoms with E-state index in [-0.39, 0.29) is 5.91 Å². The summed E-state index contributed by atoms with van der Waals surface area (Å²) in [4.78, 5) is 17.6. The van der Waals surface area contributed by atoms with Gasteiger partial charge in [0.1, 0.15) is 0 Å². The first-order valence-corrected chi connectivity index (χ1v) is 8.38. The molecule has 0 atom stereocenters. The number of nitrogens with zero attached hydrogens (tertiary/aromatic N) is 1. The minimum absolute atomic E-state index is 0.0835. The molecule has 0 bridgehead atoms. The van der Waals surface area contributed by atoms with Crippen molar-refractivity contribution >= 4 is 17.7 Å². The smallest absolute Gasteiger partial charge is 0.251 e. The molecule has 4 nitrogen and oxygen atoms in total. The Hall–Kier alpha value is -2.53. The molecule has 3 rings (SSSR count). The maximum atomic E-state index is 12.2. The molecule has 0 spiro atoms. The largest absolute Gasteiger partial charge is 0.472 e. The molecule has 0 aliphatic heterocycles. The van der Waals surface area contributed by atoms with Crippen molar-refractivity contribution in [2.45, 2.75) is 11.4 Å². The number of benzene rings is 1. The van der Waals surface area contributed by atoms with Gasteiger partial charge in [0, 0.05) is 28.8 Å². The number of furan rings is 1. The van der Waals surface area contributed by atoms with Gasteiger partial charge < -0.3 is 9.73 Å². The lowest BCUT2D eigenvalue weighted by molar-refractivity contribution is 0.0950. The lowest BCUT2D eigenvalue weighted by atomic mass is 10.2. The number of pyridine rings is 1. The lowest BCUT2D eigenvalue weighted by Gasteiger charge is -2.07. The van der Waals surface area contributed by atoms with Crippen molar-refractivity contribution in [1.82, 2.24) is 10.3 Å². The van der Waals surface area contributed by atoms with E-state index in [0.717, 1.165) is 21.7 Å². The molecule has 2 heterocycles. The van der Waals surface area contributed by atoms with Gasteiger partial charge in [-0.3, -0.25) is 9.78 Å². The number of aromatic nitrogens is 1. The molecule has 1 N–H and O–H groups in total. The Labute approximate surface area is 138 Å². The highest BCUT2D eigenvalue weighted by Crippen LogP contribution is 2.18. The zero-order valence-electron chi connectivity index (χ0n) is 12.7. The van der Waals surface area contributed by atoms with E-state index in [1.165, 1.54) is 0 Å². The number of carbonyl (C=O) groups excluding carboxylic acids is 1. The summed E-state index contributed by atoms with van der Waals surface area (Å²) >= 11 is 1.62. The fourth-order valence-corrected chi connectivity index (χ4v) is 2.62. The van der Waals surface area contributed by atoms with Crippen LogP contribution in [-0.4, -0.2) is 17.1 Å². The molecule has 0 fully saturated rings. The number of amides is 1. The molecule has 0 radical (unpaired) electrons. The van der Waals surface area contributed by atoms with Gasteiger partial charge in [-0.1, -0.05) is 12.1 Å². The first kappa shape index (κ1) is 15.4. The number of rotatable bonds is 5. The second-order valence-corrected chi connectivity index (χ2v) is 5.86. The molecule has 0 unspecified atom stereocenters. The number of hydrogen-bond donors (Lipinski definition) is 1. The zero-order valence-corrected chi connectivity index (χ0v) is 13.5. The van der Waals surface area contributed by atoms with Crippen LogP contribution >= 0.6 is 11.8 Å². The maximum absolute atomic E-state index is 12.2. The Morgan fingerprint density at radius 1 is 1.26 bits per heavy atom. The molecule has 0 aliphatic carbocycles. The maximum Gasteiger partial charge on any atom is 0.251 e. The number of hydrogen-bond acceptors (Lipinski definition) is 4. The SMILES string of the molecule is CSc1cccc(C(=O)NCc2ccc(-c3ccoc3)nc2)c1. The van der Waals surface area contributed by atoms with Crippen LogP contribution in [0.15, 0.2) is 70.5 Å². The quantitative estimate of drug-likeness (QED) is 0.721. The van der Waals surface area contributed by atoms with Gasteiger partial charge in [-0.15, -0.1) is 11.8 Å². The monoisotopic (exact) mass is 324 g/mol. The second-order valence-electron chi connectivity index (χ2n) is 4.98. The van der Waals surface area contributed by atoms with Crippen LogP contribution in [0.2, 0.25) is 0 Å². The van der Waals surface area contributed by atoms with Crippen LogP contribution < -0.4 is 5.32 Å². The highest BCUT2D eigenvalue weighted by Gasteiger charge is 2.06. The Morgan fingerprint density at radius 2 is 2.17 bits per heavy atom. The standard InChI is InChI=1S/C18H16N2O2S/c1-23-16-4-2-3-14(9-16)18(21)20-11-13-5-6-17(19-10-13)15-7-8-22-12-15/h2-10,12H,11H2,1H3,(H,20,21). The van der Waals surface area contributed by atoms with E-state index in [0.29, 0.717) is 12.1 Å². The van der Waals surface area contributed by atoms with Crippen molar-refractivity contribution in [3.63, 3.8) is 0 Å². The van der Waals surface area contributed by atoms with Crippen LogP contribution in [0.3, 0.4) is 0 Å². The van der Waals surface area contributed by atoms with Gasteiger partial charge in [0.15, 0.2) is 0 Å². The summed E-state index contributed by atoms with van der Waals surface area (Å²) in [6.45, 7) is 0.445. The molecular formula is C18H16N2O2S. The van der Waals surface area contributed by atoms with Gasteiger partial charge in [0.2, 0.25) is 0 Å². The molecule has 3 aromatic rings. The Morgan fingerprint density at radius 3 is 2.87 bits per heavy atom. The highest BCUT2D eigenvalue weighted by atomic mass is 32.2. The normalized spacial score (nSPS) is 10.5.